The third kappa shape index (κ3) is 9.41. The summed E-state index contributed by atoms with van der Waals surface area (Å²) in [4.78, 5) is 20.4. The maximum atomic E-state index is 12.7. The Morgan fingerprint density at radius 1 is 1.07 bits per heavy atom. The van der Waals surface area contributed by atoms with Gasteiger partial charge in [-0.25, -0.2) is 0 Å². The number of hydrogen-bond acceptors (Lipinski definition) is 8. The lowest BCUT2D eigenvalue weighted by atomic mass is 10.0. The summed E-state index contributed by atoms with van der Waals surface area (Å²) in [6.07, 6.45) is -4.23. The fourth-order valence-corrected chi connectivity index (χ4v) is 3.69. The van der Waals surface area contributed by atoms with Gasteiger partial charge in [0.15, 0.2) is 6.17 Å². The highest BCUT2D eigenvalue weighted by atomic mass is 19.4. The number of unbranched alkanes of at least 4 members (excludes halogenated alkanes) is 1. The number of fused-ring (bicyclic) bond motifs is 1. The molecule has 1 aliphatic rings. The third-order valence-corrected chi connectivity index (χ3v) is 5.63. The van der Waals surface area contributed by atoms with E-state index < -0.39 is 23.8 Å². The van der Waals surface area contributed by atoms with Crippen LogP contribution in [0.25, 0.3) is 0 Å². The van der Waals surface area contributed by atoms with Gasteiger partial charge in [-0.05, 0) is 37.1 Å². The number of rotatable bonds is 7. The van der Waals surface area contributed by atoms with Gasteiger partial charge in [-0.2, -0.15) is 19.1 Å². The van der Waals surface area contributed by atoms with E-state index in [4.69, 9.17) is 22.1 Å². The van der Waals surface area contributed by atoms with E-state index in [1.807, 2.05) is 68.4 Å². The fourth-order valence-electron chi connectivity index (χ4n) is 3.69. The highest BCUT2D eigenvalue weighted by molar-refractivity contribution is 6.19. The van der Waals surface area contributed by atoms with Crippen LogP contribution in [-0.2, 0) is 15.8 Å². The molecule has 0 saturated carbocycles. The van der Waals surface area contributed by atoms with E-state index in [2.05, 4.69) is 20.5 Å². The second kappa shape index (κ2) is 16.1. The number of aliphatic hydroxyl groups excluding tert-OH is 1. The Balaban J connectivity index is 0.000000271. The number of halogens is 3. The first-order chi connectivity index (χ1) is 19.7. The summed E-state index contributed by atoms with van der Waals surface area (Å²) < 4.78 is 38.0. The quantitative estimate of drug-likeness (QED) is 0.102. The number of amides is 1. The number of benzodiazepines with no additional fused rings is 1. The van der Waals surface area contributed by atoms with E-state index in [0.29, 0.717) is 19.4 Å². The predicted molar refractivity (Wildman–Crippen MR) is 155 cm³/mol. The first-order valence-corrected chi connectivity index (χ1v) is 13.0. The zero-order chi connectivity index (χ0) is 30.4. The smallest absolute Gasteiger partial charge is 0.396 e. The van der Waals surface area contributed by atoms with Crippen molar-refractivity contribution in [3.63, 3.8) is 0 Å². The summed E-state index contributed by atoms with van der Waals surface area (Å²) in [6.45, 7) is 4.38. The molecule has 1 atom stereocenters. The number of nitrogens with two attached hydrogens (primary N) is 2. The molecule has 0 spiro atoms. The number of benzene rings is 3. The summed E-state index contributed by atoms with van der Waals surface area (Å²) in [5.74, 6) is 4.14. The van der Waals surface area contributed by atoms with Crippen molar-refractivity contribution in [2.24, 2.45) is 16.6 Å². The molecule has 8 N–H and O–H groups in total. The average Bonchev–Trinajstić information content (AvgIpc) is 3.11. The molecule has 3 aromatic rings. The van der Waals surface area contributed by atoms with Gasteiger partial charge in [0.25, 0.3) is 5.91 Å². The minimum absolute atomic E-state index is 0.0128. The van der Waals surface area contributed by atoms with Crippen molar-refractivity contribution in [1.82, 2.24) is 0 Å². The molecule has 1 aliphatic heterocycles. The van der Waals surface area contributed by atoms with E-state index >= 15 is 0 Å². The molecule has 41 heavy (non-hydrogen) atoms. The Bertz CT molecular complexity index is 1320. The highest BCUT2D eigenvalue weighted by Crippen LogP contribution is 2.32. The molecule has 0 saturated heterocycles. The Morgan fingerprint density at radius 2 is 1.73 bits per heavy atom. The Hall–Kier alpha value is -4.26. The molecule has 1 heterocycles. The van der Waals surface area contributed by atoms with Crippen molar-refractivity contribution in [3.05, 3.63) is 95.1 Å². The van der Waals surface area contributed by atoms with Gasteiger partial charge in [0, 0.05) is 30.0 Å². The standard InChI is InChI=1S/C15H13N3O.C12H16F3N3O2.C2H6/c16-14-15(19)17-12-9-5-4-8-11(12)13(18-14)10-6-2-1-3-7-10;13-12(14,15)8-3-4-9(11(16)20-17)10(7-8)18-5-1-2-6-19;1-2/h1-9,14H,16H2,(H,17,19);3-4,7,16,18-19H,1-2,5-6,17H2;1-2H3. The van der Waals surface area contributed by atoms with Gasteiger partial charge < -0.3 is 26.3 Å². The largest absolute Gasteiger partial charge is 0.416 e. The van der Waals surface area contributed by atoms with E-state index in [1.54, 1.807) is 0 Å². The maximum absolute atomic E-state index is 12.7. The lowest BCUT2D eigenvalue weighted by Gasteiger charge is -2.14. The minimum atomic E-state index is -4.47. The van der Waals surface area contributed by atoms with Crippen molar-refractivity contribution in [1.29, 1.82) is 5.41 Å². The van der Waals surface area contributed by atoms with Gasteiger partial charge in [-0.3, -0.25) is 15.2 Å². The molecule has 220 valence electrons. The number of carbonyl (C=O) groups excluding carboxylic acids is 1. The fraction of sp³-hybridized carbons (Fsp3) is 0.276. The average molecular weight is 573 g/mol. The summed E-state index contributed by atoms with van der Waals surface area (Å²) in [6, 6.07) is 20.2. The number of nitrogens with one attached hydrogen (secondary N) is 3. The van der Waals surface area contributed by atoms with Gasteiger partial charge >= 0.3 is 6.18 Å². The third-order valence-electron chi connectivity index (χ3n) is 5.63. The Kier molecular flexibility index (Phi) is 12.9. The molecule has 4 rings (SSSR count). The molecule has 12 heteroatoms. The first-order valence-electron chi connectivity index (χ1n) is 13.0. The predicted octanol–water partition coefficient (Wildman–Crippen LogP) is 4.89. The number of aliphatic imine (C=N–C) groups is 1. The van der Waals surface area contributed by atoms with Crippen molar-refractivity contribution in [3.8, 4) is 0 Å². The van der Waals surface area contributed by atoms with Crippen LogP contribution in [0.3, 0.4) is 0 Å². The normalized spacial score (nSPS) is 14.0. The van der Waals surface area contributed by atoms with Crippen LogP contribution >= 0.6 is 0 Å². The van der Waals surface area contributed by atoms with Crippen LogP contribution in [0.1, 0.15) is 48.9 Å². The Morgan fingerprint density at radius 3 is 2.37 bits per heavy atom. The van der Waals surface area contributed by atoms with E-state index in [0.717, 1.165) is 40.7 Å². The van der Waals surface area contributed by atoms with Crippen LogP contribution in [0.15, 0.2) is 77.8 Å². The summed E-state index contributed by atoms with van der Waals surface area (Å²) in [7, 11) is 0. The molecule has 0 radical (unpaired) electrons. The number of para-hydroxylation sites is 1. The molecular weight excluding hydrogens is 537 g/mol. The number of alkyl halides is 3. The number of anilines is 2. The van der Waals surface area contributed by atoms with Crippen LogP contribution in [0.4, 0.5) is 24.5 Å². The van der Waals surface area contributed by atoms with Crippen LogP contribution in [0, 0.1) is 5.41 Å². The Labute approximate surface area is 236 Å². The molecular formula is C29H35F3N6O3. The van der Waals surface area contributed by atoms with Crippen LogP contribution in [-0.4, -0.2) is 41.9 Å². The minimum Gasteiger partial charge on any atom is -0.396 e. The highest BCUT2D eigenvalue weighted by Gasteiger charge is 2.31. The molecule has 0 aliphatic carbocycles. The van der Waals surface area contributed by atoms with Crippen LogP contribution in [0.5, 0.6) is 0 Å². The zero-order valence-electron chi connectivity index (χ0n) is 22.8. The molecule has 1 unspecified atom stereocenters. The summed E-state index contributed by atoms with van der Waals surface area (Å²) in [5, 5.41) is 21.7. The number of carbonyl (C=O) groups is 1. The van der Waals surface area contributed by atoms with Crippen molar-refractivity contribution >= 4 is 28.9 Å². The lowest BCUT2D eigenvalue weighted by Crippen LogP contribution is -2.33. The van der Waals surface area contributed by atoms with Crippen molar-refractivity contribution < 1.29 is 27.9 Å². The van der Waals surface area contributed by atoms with E-state index in [1.165, 1.54) is 0 Å². The molecule has 0 aromatic heterocycles. The van der Waals surface area contributed by atoms with Gasteiger partial charge in [0.05, 0.1) is 22.5 Å². The number of aliphatic hydroxyl groups is 1. The molecule has 3 aromatic carbocycles. The van der Waals surface area contributed by atoms with E-state index in [-0.39, 0.29) is 23.8 Å². The lowest BCUT2D eigenvalue weighted by molar-refractivity contribution is -0.137. The summed E-state index contributed by atoms with van der Waals surface area (Å²) in [5.41, 5.74) is 8.53. The monoisotopic (exact) mass is 572 g/mol. The SMILES string of the molecule is CC.N=C(ON)c1ccc(C(F)(F)F)cc1NCCCCO.NC1N=C(c2ccccc2)c2ccccc2NC1=O. The van der Waals surface area contributed by atoms with Gasteiger partial charge in [0.2, 0.25) is 5.90 Å². The van der Waals surface area contributed by atoms with Crippen molar-refractivity contribution in [2.45, 2.75) is 39.0 Å². The topological polar surface area (TPSA) is 159 Å². The van der Waals surface area contributed by atoms with Gasteiger partial charge in [-0.1, -0.05) is 62.4 Å². The zero-order valence-corrected chi connectivity index (χ0v) is 22.8. The van der Waals surface area contributed by atoms with Crippen LogP contribution < -0.4 is 22.3 Å². The first kappa shape index (κ1) is 32.9. The van der Waals surface area contributed by atoms with E-state index in [9.17, 15) is 18.0 Å². The van der Waals surface area contributed by atoms with Crippen LogP contribution in [0.2, 0.25) is 0 Å². The second-order valence-electron chi connectivity index (χ2n) is 8.39. The second-order valence-corrected chi connectivity index (χ2v) is 8.39. The molecule has 0 bridgehead atoms. The molecule has 1 amide bonds. The molecule has 9 nitrogen and oxygen atoms in total. The van der Waals surface area contributed by atoms with Gasteiger partial charge in [0.1, 0.15) is 0 Å². The van der Waals surface area contributed by atoms with Gasteiger partial charge in [-0.15, -0.1) is 0 Å². The van der Waals surface area contributed by atoms with Crippen molar-refractivity contribution in [2.75, 3.05) is 23.8 Å². The number of nitrogens with zero attached hydrogens (tertiary/aromatic N) is 1. The molecule has 0 fully saturated rings. The summed E-state index contributed by atoms with van der Waals surface area (Å²) >= 11 is 0. The maximum Gasteiger partial charge on any atom is 0.416 e. The number of hydrogen-bond donors (Lipinski definition) is 6.